The number of hydrogen-bond acceptors (Lipinski definition) is 3. The van der Waals surface area contributed by atoms with E-state index in [4.69, 9.17) is 9.47 Å². The van der Waals surface area contributed by atoms with Gasteiger partial charge in [-0.1, -0.05) is 12.1 Å². The van der Waals surface area contributed by atoms with Gasteiger partial charge >= 0.3 is 0 Å². The molecule has 1 heterocycles. The molecule has 0 bridgehead atoms. The van der Waals surface area contributed by atoms with Crippen LogP contribution in [0.4, 0.5) is 0 Å². The van der Waals surface area contributed by atoms with Crippen molar-refractivity contribution in [3.63, 3.8) is 0 Å². The first-order valence-electron chi connectivity index (χ1n) is 5.19. The highest BCUT2D eigenvalue weighted by Gasteiger charge is 2.16. The number of para-hydroxylation sites is 1. The molecule has 0 saturated carbocycles. The summed E-state index contributed by atoms with van der Waals surface area (Å²) < 4.78 is 11.0. The Kier molecular flexibility index (Phi) is 3.35. The number of benzene rings is 1. The zero-order valence-corrected chi connectivity index (χ0v) is 8.52. The van der Waals surface area contributed by atoms with E-state index in [1.165, 1.54) is 0 Å². The van der Waals surface area contributed by atoms with Crippen LogP contribution in [0.15, 0.2) is 24.3 Å². The van der Waals surface area contributed by atoms with Crippen molar-refractivity contribution in [3.8, 4) is 5.75 Å². The molecule has 1 aliphatic rings. The van der Waals surface area contributed by atoms with E-state index in [1.807, 2.05) is 12.1 Å². The third kappa shape index (κ3) is 2.57. The highest BCUT2D eigenvalue weighted by atomic mass is 16.5. The summed E-state index contributed by atoms with van der Waals surface area (Å²) >= 11 is 0. The predicted octanol–water partition coefficient (Wildman–Crippen LogP) is 2.06. The Labute approximate surface area is 89.0 Å². The molecule has 15 heavy (non-hydrogen) atoms. The summed E-state index contributed by atoms with van der Waals surface area (Å²) in [7, 11) is 0. The first-order valence-corrected chi connectivity index (χ1v) is 5.19. The second-order valence-electron chi connectivity index (χ2n) is 3.60. The van der Waals surface area contributed by atoms with Crippen molar-refractivity contribution < 1.29 is 14.3 Å². The Bertz CT molecular complexity index is 329. The summed E-state index contributed by atoms with van der Waals surface area (Å²) in [5, 5.41) is 0. The van der Waals surface area contributed by atoms with Crippen molar-refractivity contribution in [2.24, 2.45) is 0 Å². The van der Waals surface area contributed by atoms with Gasteiger partial charge in [0.25, 0.3) is 0 Å². The molecule has 0 spiro atoms. The quantitative estimate of drug-likeness (QED) is 0.707. The summed E-state index contributed by atoms with van der Waals surface area (Å²) in [6, 6.07) is 7.23. The van der Waals surface area contributed by atoms with E-state index >= 15 is 0 Å². The molecular formula is C12H14O3. The van der Waals surface area contributed by atoms with Crippen LogP contribution >= 0.6 is 0 Å². The van der Waals surface area contributed by atoms with Gasteiger partial charge in [0.05, 0.1) is 11.7 Å². The average molecular weight is 206 g/mol. The van der Waals surface area contributed by atoms with Gasteiger partial charge in [0.15, 0.2) is 6.29 Å². The molecule has 1 saturated heterocycles. The number of ether oxygens (including phenoxy) is 2. The topological polar surface area (TPSA) is 35.5 Å². The van der Waals surface area contributed by atoms with Crippen LogP contribution in [-0.4, -0.2) is 25.6 Å². The van der Waals surface area contributed by atoms with E-state index in [1.54, 1.807) is 12.1 Å². The zero-order valence-electron chi connectivity index (χ0n) is 8.52. The lowest BCUT2D eigenvalue weighted by atomic mass is 10.2. The minimum Gasteiger partial charge on any atom is -0.490 e. The Morgan fingerprint density at radius 1 is 1.47 bits per heavy atom. The molecule has 0 N–H and O–H groups in total. The monoisotopic (exact) mass is 206 g/mol. The van der Waals surface area contributed by atoms with Gasteiger partial charge < -0.3 is 9.47 Å². The van der Waals surface area contributed by atoms with E-state index in [-0.39, 0.29) is 6.10 Å². The lowest BCUT2D eigenvalue weighted by Crippen LogP contribution is -2.16. The van der Waals surface area contributed by atoms with Gasteiger partial charge in [-0.25, -0.2) is 0 Å². The van der Waals surface area contributed by atoms with Gasteiger partial charge in [0.2, 0.25) is 0 Å². The largest absolute Gasteiger partial charge is 0.490 e. The predicted molar refractivity (Wildman–Crippen MR) is 56.3 cm³/mol. The summed E-state index contributed by atoms with van der Waals surface area (Å²) in [5.74, 6) is 0.642. The van der Waals surface area contributed by atoms with Crippen molar-refractivity contribution in [1.82, 2.24) is 0 Å². The summed E-state index contributed by atoms with van der Waals surface area (Å²) in [4.78, 5) is 10.7. The standard InChI is InChI=1S/C12H14O3/c13-8-10-4-1-2-6-12(10)15-9-11-5-3-7-14-11/h1-2,4,6,8,11H,3,5,7,9H2. The first kappa shape index (κ1) is 10.2. The van der Waals surface area contributed by atoms with Crippen molar-refractivity contribution in [3.05, 3.63) is 29.8 Å². The molecule has 0 aliphatic carbocycles. The van der Waals surface area contributed by atoms with Crippen LogP contribution in [-0.2, 0) is 4.74 Å². The minimum absolute atomic E-state index is 0.185. The third-order valence-electron chi connectivity index (χ3n) is 2.49. The minimum atomic E-state index is 0.185. The van der Waals surface area contributed by atoms with Gasteiger partial charge in [0, 0.05) is 6.61 Å². The van der Waals surface area contributed by atoms with Crippen LogP contribution < -0.4 is 4.74 Å². The number of carbonyl (C=O) groups is 1. The fraction of sp³-hybridized carbons (Fsp3) is 0.417. The molecule has 3 nitrogen and oxygen atoms in total. The highest BCUT2D eigenvalue weighted by molar-refractivity contribution is 5.79. The smallest absolute Gasteiger partial charge is 0.153 e. The molecule has 3 heteroatoms. The van der Waals surface area contributed by atoms with Crippen LogP contribution in [0, 0.1) is 0 Å². The van der Waals surface area contributed by atoms with Gasteiger partial charge in [-0.15, -0.1) is 0 Å². The number of aldehydes is 1. The molecule has 1 atom stereocenters. The third-order valence-corrected chi connectivity index (χ3v) is 2.49. The van der Waals surface area contributed by atoms with Crippen LogP contribution in [0.3, 0.4) is 0 Å². The second-order valence-corrected chi connectivity index (χ2v) is 3.60. The maximum atomic E-state index is 10.7. The molecular weight excluding hydrogens is 192 g/mol. The average Bonchev–Trinajstić information content (AvgIpc) is 2.79. The first-order chi connectivity index (χ1) is 7.40. The molecule has 0 aromatic heterocycles. The molecule has 1 aromatic rings. The lowest BCUT2D eigenvalue weighted by Gasteiger charge is -2.12. The number of rotatable bonds is 4. The molecule has 1 aromatic carbocycles. The number of carbonyl (C=O) groups excluding carboxylic acids is 1. The summed E-state index contributed by atoms with van der Waals surface area (Å²) in [6.45, 7) is 1.36. The molecule has 2 rings (SSSR count). The fourth-order valence-electron chi connectivity index (χ4n) is 1.67. The van der Waals surface area contributed by atoms with E-state index in [0.29, 0.717) is 17.9 Å². The Morgan fingerprint density at radius 3 is 3.07 bits per heavy atom. The highest BCUT2D eigenvalue weighted by Crippen LogP contribution is 2.18. The normalized spacial score (nSPS) is 20.1. The maximum absolute atomic E-state index is 10.7. The fourth-order valence-corrected chi connectivity index (χ4v) is 1.67. The molecule has 0 amide bonds. The van der Waals surface area contributed by atoms with Gasteiger partial charge in [0.1, 0.15) is 12.4 Å². The van der Waals surface area contributed by atoms with Gasteiger partial charge in [-0.3, -0.25) is 4.79 Å². The Balaban J connectivity index is 1.94. The van der Waals surface area contributed by atoms with Crippen molar-refractivity contribution in [2.45, 2.75) is 18.9 Å². The summed E-state index contributed by atoms with van der Waals surface area (Å²) in [5.41, 5.74) is 0.593. The van der Waals surface area contributed by atoms with Crippen LogP contribution in [0.2, 0.25) is 0 Å². The number of hydrogen-bond donors (Lipinski definition) is 0. The zero-order chi connectivity index (χ0) is 10.5. The molecule has 1 fully saturated rings. The molecule has 0 radical (unpaired) electrons. The second kappa shape index (κ2) is 4.94. The Morgan fingerprint density at radius 2 is 2.33 bits per heavy atom. The lowest BCUT2D eigenvalue weighted by molar-refractivity contribution is 0.0675. The van der Waals surface area contributed by atoms with E-state index in [0.717, 1.165) is 25.7 Å². The summed E-state index contributed by atoms with van der Waals surface area (Å²) in [6.07, 6.45) is 3.14. The van der Waals surface area contributed by atoms with Crippen molar-refractivity contribution in [2.75, 3.05) is 13.2 Å². The molecule has 80 valence electrons. The molecule has 1 aliphatic heterocycles. The van der Waals surface area contributed by atoms with E-state index in [9.17, 15) is 4.79 Å². The molecule has 1 unspecified atom stereocenters. The Hall–Kier alpha value is -1.35. The SMILES string of the molecule is O=Cc1ccccc1OCC1CCCO1. The van der Waals surface area contributed by atoms with Crippen LogP contribution in [0.25, 0.3) is 0 Å². The van der Waals surface area contributed by atoms with Crippen molar-refractivity contribution in [1.29, 1.82) is 0 Å². The van der Waals surface area contributed by atoms with E-state index in [2.05, 4.69) is 0 Å². The van der Waals surface area contributed by atoms with Crippen LogP contribution in [0.1, 0.15) is 23.2 Å². The van der Waals surface area contributed by atoms with Gasteiger partial charge in [-0.05, 0) is 25.0 Å². The van der Waals surface area contributed by atoms with Crippen LogP contribution in [0.5, 0.6) is 5.75 Å². The van der Waals surface area contributed by atoms with E-state index < -0.39 is 0 Å². The van der Waals surface area contributed by atoms with Gasteiger partial charge in [-0.2, -0.15) is 0 Å². The van der Waals surface area contributed by atoms with Crippen molar-refractivity contribution >= 4 is 6.29 Å². The maximum Gasteiger partial charge on any atom is 0.153 e.